The first-order valence-electron chi connectivity index (χ1n) is 10.1. The third-order valence-corrected chi connectivity index (χ3v) is 6.43. The second-order valence-electron chi connectivity index (χ2n) is 7.27. The van der Waals surface area contributed by atoms with E-state index in [1.807, 2.05) is 11.5 Å². The maximum absolute atomic E-state index is 12.3. The molecule has 0 saturated heterocycles. The zero-order chi connectivity index (χ0) is 21.5. The maximum atomic E-state index is 12.3. The molecule has 30 heavy (non-hydrogen) atoms. The first-order chi connectivity index (χ1) is 14.5. The molecule has 1 heterocycles. The van der Waals surface area contributed by atoms with Crippen LogP contribution in [0.15, 0.2) is 36.0 Å². The SMILES string of the molecule is C=CCn1c(SCC(=O)NC2CCCCC2)nnc1C(C)Oc1cc(Cl)ccc1Cl. The van der Waals surface area contributed by atoms with Crippen LogP contribution in [0.3, 0.4) is 0 Å². The number of nitrogens with zero attached hydrogens (tertiary/aromatic N) is 3. The minimum atomic E-state index is -0.418. The largest absolute Gasteiger partial charge is 0.481 e. The highest BCUT2D eigenvalue weighted by molar-refractivity contribution is 7.99. The van der Waals surface area contributed by atoms with Gasteiger partial charge in [-0.15, -0.1) is 16.8 Å². The number of allylic oxidation sites excluding steroid dienone is 1. The zero-order valence-corrected chi connectivity index (χ0v) is 19.3. The van der Waals surface area contributed by atoms with E-state index in [1.54, 1.807) is 24.3 Å². The van der Waals surface area contributed by atoms with Crippen molar-refractivity contribution in [2.45, 2.75) is 62.9 Å². The van der Waals surface area contributed by atoms with Crippen LogP contribution in [0.4, 0.5) is 0 Å². The van der Waals surface area contributed by atoms with Gasteiger partial charge in [0.05, 0.1) is 10.8 Å². The second-order valence-corrected chi connectivity index (χ2v) is 9.05. The van der Waals surface area contributed by atoms with Gasteiger partial charge in [-0.1, -0.05) is 60.3 Å². The van der Waals surface area contributed by atoms with E-state index in [4.69, 9.17) is 27.9 Å². The number of hydrogen-bond donors (Lipinski definition) is 1. The van der Waals surface area contributed by atoms with Crippen LogP contribution in [0.1, 0.15) is 51.0 Å². The summed E-state index contributed by atoms with van der Waals surface area (Å²) in [5, 5.41) is 13.3. The highest BCUT2D eigenvalue weighted by Gasteiger charge is 2.21. The van der Waals surface area contributed by atoms with Gasteiger partial charge < -0.3 is 10.1 Å². The van der Waals surface area contributed by atoms with Crippen LogP contribution in [0.5, 0.6) is 5.75 Å². The van der Waals surface area contributed by atoms with E-state index in [0.29, 0.717) is 45.1 Å². The van der Waals surface area contributed by atoms with Crippen molar-refractivity contribution in [3.8, 4) is 5.75 Å². The van der Waals surface area contributed by atoms with Gasteiger partial charge >= 0.3 is 0 Å². The lowest BCUT2D eigenvalue weighted by atomic mass is 9.95. The monoisotopic (exact) mass is 468 g/mol. The van der Waals surface area contributed by atoms with Crippen molar-refractivity contribution >= 4 is 40.9 Å². The summed E-state index contributed by atoms with van der Waals surface area (Å²) in [4.78, 5) is 12.3. The van der Waals surface area contributed by atoms with Gasteiger partial charge in [0.25, 0.3) is 0 Å². The van der Waals surface area contributed by atoms with Crippen LogP contribution in [-0.2, 0) is 11.3 Å². The number of carbonyl (C=O) groups is 1. The van der Waals surface area contributed by atoms with Crippen molar-refractivity contribution in [3.05, 3.63) is 46.7 Å². The summed E-state index contributed by atoms with van der Waals surface area (Å²) in [5.41, 5.74) is 0. The molecule has 1 aromatic carbocycles. The van der Waals surface area contributed by atoms with Crippen molar-refractivity contribution in [1.29, 1.82) is 0 Å². The van der Waals surface area contributed by atoms with Gasteiger partial charge in [0, 0.05) is 23.7 Å². The quantitative estimate of drug-likeness (QED) is 0.391. The number of nitrogens with one attached hydrogen (secondary N) is 1. The molecule has 0 bridgehead atoms. The van der Waals surface area contributed by atoms with Crippen molar-refractivity contribution in [1.82, 2.24) is 20.1 Å². The van der Waals surface area contributed by atoms with Gasteiger partial charge in [0.15, 0.2) is 17.1 Å². The lowest BCUT2D eigenvalue weighted by Gasteiger charge is -2.22. The Bertz CT molecular complexity index is 884. The Morgan fingerprint density at radius 2 is 2.13 bits per heavy atom. The third-order valence-electron chi connectivity index (χ3n) is 4.92. The fourth-order valence-corrected chi connectivity index (χ4v) is 4.56. The average molecular weight is 469 g/mol. The van der Waals surface area contributed by atoms with E-state index >= 15 is 0 Å². The molecule has 1 aliphatic rings. The van der Waals surface area contributed by atoms with Crippen LogP contribution in [0.2, 0.25) is 10.0 Å². The number of carbonyl (C=O) groups excluding carboxylic acids is 1. The van der Waals surface area contributed by atoms with Crippen molar-refractivity contribution < 1.29 is 9.53 Å². The lowest BCUT2D eigenvalue weighted by Crippen LogP contribution is -2.37. The molecule has 1 saturated carbocycles. The van der Waals surface area contributed by atoms with Crippen LogP contribution in [-0.4, -0.2) is 32.5 Å². The first-order valence-corrected chi connectivity index (χ1v) is 11.8. The molecular formula is C21H26Cl2N4O2S. The summed E-state index contributed by atoms with van der Waals surface area (Å²) in [6.45, 7) is 6.19. The number of ether oxygens (including phenoxy) is 1. The summed E-state index contributed by atoms with van der Waals surface area (Å²) in [6.07, 6.45) is 7.10. The summed E-state index contributed by atoms with van der Waals surface area (Å²) < 4.78 is 7.87. The minimum Gasteiger partial charge on any atom is -0.481 e. The third kappa shape index (κ3) is 6.15. The van der Waals surface area contributed by atoms with Crippen LogP contribution < -0.4 is 10.1 Å². The normalized spacial score (nSPS) is 15.6. The van der Waals surface area contributed by atoms with E-state index in [1.165, 1.54) is 31.0 Å². The van der Waals surface area contributed by atoms with E-state index < -0.39 is 6.10 Å². The summed E-state index contributed by atoms with van der Waals surface area (Å²) in [6, 6.07) is 5.35. The summed E-state index contributed by atoms with van der Waals surface area (Å²) in [7, 11) is 0. The topological polar surface area (TPSA) is 69.0 Å². The molecule has 6 nitrogen and oxygen atoms in total. The Hall–Kier alpha value is -1.70. The summed E-state index contributed by atoms with van der Waals surface area (Å²) >= 11 is 13.6. The second kappa shape index (κ2) is 11.1. The molecule has 0 aliphatic heterocycles. The standard InChI is InChI=1S/C21H26Cl2N4O2S/c1-3-11-27-20(14(2)29-18-12-15(22)9-10-17(18)23)25-26-21(27)30-13-19(28)24-16-7-5-4-6-8-16/h3,9-10,12,14,16H,1,4-8,11,13H2,2H3,(H,24,28). The molecule has 2 aromatic rings. The predicted octanol–water partition coefficient (Wildman–Crippen LogP) is 5.45. The predicted molar refractivity (Wildman–Crippen MR) is 121 cm³/mol. The summed E-state index contributed by atoms with van der Waals surface area (Å²) in [5.74, 6) is 1.42. The Morgan fingerprint density at radius 3 is 2.87 bits per heavy atom. The molecule has 1 aromatic heterocycles. The average Bonchev–Trinajstić information content (AvgIpc) is 3.13. The smallest absolute Gasteiger partial charge is 0.230 e. The van der Waals surface area contributed by atoms with E-state index in [-0.39, 0.29) is 5.91 Å². The van der Waals surface area contributed by atoms with Gasteiger partial charge in [-0.3, -0.25) is 9.36 Å². The zero-order valence-electron chi connectivity index (χ0n) is 16.9. The van der Waals surface area contributed by atoms with Gasteiger partial charge in [-0.05, 0) is 31.9 Å². The van der Waals surface area contributed by atoms with Gasteiger partial charge in [0.2, 0.25) is 5.91 Å². The molecule has 9 heteroatoms. The molecule has 1 N–H and O–H groups in total. The molecule has 162 valence electrons. The number of benzene rings is 1. The number of thioether (sulfide) groups is 1. The Labute approximate surface area is 191 Å². The molecule has 1 unspecified atom stereocenters. The van der Waals surface area contributed by atoms with Crippen LogP contribution in [0, 0.1) is 0 Å². The number of hydrogen-bond acceptors (Lipinski definition) is 5. The fraction of sp³-hybridized carbons (Fsp3) is 0.476. The molecule has 0 radical (unpaired) electrons. The van der Waals surface area contributed by atoms with E-state index in [9.17, 15) is 4.79 Å². The molecule has 1 fully saturated rings. The Balaban J connectivity index is 1.65. The Kier molecular flexibility index (Phi) is 8.48. The maximum Gasteiger partial charge on any atom is 0.230 e. The van der Waals surface area contributed by atoms with Crippen molar-refractivity contribution in [2.75, 3.05) is 5.75 Å². The van der Waals surface area contributed by atoms with Crippen LogP contribution in [0.25, 0.3) is 0 Å². The van der Waals surface area contributed by atoms with E-state index in [2.05, 4.69) is 22.1 Å². The van der Waals surface area contributed by atoms with Gasteiger partial charge in [-0.25, -0.2) is 0 Å². The molecular weight excluding hydrogens is 443 g/mol. The molecule has 3 rings (SSSR count). The van der Waals surface area contributed by atoms with E-state index in [0.717, 1.165) is 12.8 Å². The Morgan fingerprint density at radius 1 is 1.37 bits per heavy atom. The molecule has 0 spiro atoms. The van der Waals surface area contributed by atoms with Crippen LogP contribution >= 0.6 is 35.0 Å². The van der Waals surface area contributed by atoms with Crippen molar-refractivity contribution in [3.63, 3.8) is 0 Å². The number of amides is 1. The minimum absolute atomic E-state index is 0.0246. The highest BCUT2D eigenvalue weighted by Crippen LogP contribution is 2.32. The number of rotatable bonds is 9. The lowest BCUT2D eigenvalue weighted by molar-refractivity contribution is -0.119. The number of halogens is 2. The van der Waals surface area contributed by atoms with Gasteiger partial charge in [-0.2, -0.15) is 0 Å². The highest BCUT2D eigenvalue weighted by atomic mass is 35.5. The molecule has 1 atom stereocenters. The van der Waals surface area contributed by atoms with Crippen molar-refractivity contribution in [2.24, 2.45) is 0 Å². The molecule has 1 aliphatic carbocycles. The molecule has 1 amide bonds. The first kappa shape index (κ1) is 23.0. The fourth-order valence-electron chi connectivity index (χ4n) is 3.47. The number of aromatic nitrogens is 3. The van der Waals surface area contributed by atoms with Gasteiger partial charge in [0.1, 0.15) is 5.75 Å².